The highest BCUT2D eigenvalue weighted by molar-refractivity contribution is 6.20. The van der Waals surface area contributed by atoms with E-state index >= 15 is 0 Å². The molecule has 2 nitrogen and oxygen atoms in total. The molecule has 2 aromatic rings. The van der Waals surface area contributed by atoms with Crippen LogP contribution in [-0.2, 0) is 6.42 Å². The number of pyridine rings is 1. The summed E-state index contributed by atoms with van der Waals surface area (Å²) in [6.45, 7) is 3.96. The van der Waals surface area contributed by atoms with Gasteiger partial charge in [-0.2, -0.15) is 0 Å². The topological polar surface area (TPSA) is 26.0 Å². The summed E-state index contributed by atoms with van der Waals surface area (Å²) in [5, 5.41) is -0.0777. The molecule has 0 saturated heterocycles. The van der Waals surface area contributed by atoms with Crippen LogP contribution in [0.15, 0.2) is 35.1 Å². The van der Waals surface area contributed by atoms with Gasteiger partial charge in [-0.05, 0) is 31.5 Å². The molecular weight excluding hydrogens is 222 g/mol. The summed E-state index contributed by atoms with van der Waals surface area (Å²) in [7, 11) is 0. The number of furan rings is 1. The molecule has 0 aromatic carbocycles. The average Bonchev–Trinajstić information content (AvgIpc) is 2.68. The van der Waals surface area contributed by atoms with E-state index in [1.165, 1.54) is 5.56 Å². The van der Waals surface area contributed by atoms with Crippen molar-refractivity contribution in [2.45, 2.75) is 25.6 Å². The quantitative estimate of drug-likeness (QED) is 0.756. The van der Waals surface area contributed by atoms with E-state index in [4.69, 9.17) is 16.0 Å². The van der Waals surface area contributed by atoms with Crippen molar-refractivity contribution in [3.05, 3.63) is 53.2 Å². The molecule has 1 unspecified atom stereocenters. The molecule has 2 heterocycles. The van der Waals surface area contributed by atoms with Crippen molar-refractivity contribution in [2.75, 3.05) is 0 Å². The van der Waals surface area contributed by atoms with Crippen LogP contribution in [0.2, 0.25) is 0 Å². The lowest BCUT2D eigenvalue weighted by molar-refractivity contribution is 0.531. The molecule has 0 saturated carbocycles. The van der Waals surface area contributed by atoms with Crippen molar-refractivity contribution in [3.63, 3.8) is 0 Å². The second-order valence-electron chi connectivity index (χ2n) is 3.93. The maximum Gasteiger partial charge on any atom is 0.101 e. The zero-order valence-corrected chi connectivity index (χ0v) is 10.2. The zero-order valence-electron chi connectivity index (χ0n) is 9.40. The maximum absolute atomic E-state index is 6.33. The van der Waals surface area contributed by atoms with Gasteiger partial charge in [0.25, 0.3) is 0 Å². The molecule has 0 radical (unpaired) electrons. The van der Waals surface area contributed by atoms with Crippen molar-refractivity contribution < 1.29 is 4.42 Å². The Kier molecular flexibility index (Phi) is 3.30. The molecule has 0 N–H and O–H groups in total. The molecule has 0 aliphatic heterocycles. The van der Waals surface area contributed by atoms with Gasteiger partial charge in [0.1, 0.15) is 5.76 Å². The molecule has 0 aliphatic carbocycles. The Morgan fingerprint density at radius 3 is 2.88 bits per heavy atom. The van der Waals surface area contributed by atoms with E-state index in [0.717, 1.165) is 23.4 Å². The number of aromatic nitrogens is 1. The number of nitrogens with zero attached hydrogens (tertiary/aromatic N) is 1. The van der Waals surface area contributed by atoms with Gasteiger partial charge in [-0.15, -0.1) is 11.6 Å². The van der Waals surface area contributed by atoms with Gasteiger partial charge in [-0.1, -0.05) is 6.07 Å². The summed E-state index contributed by atoms with van der Waals surface area (Å²) < 4.78 is 5.25. The van der Waals surface area contributed by atoms with Crippen LogP contribution in [0, 0.1) is 13.8 Å². The lowest BCUT2D eigenvalue weighted by Crippen LogP contribution is -1.99. The smallest absolute Gasteiger partial charge is 0.101 e. The Morgan fingerprint density at radius 2 is 2.25 bits per heavy atom. The molecule has 3 heteroatoms. The fraction of sp³-hybridized carbons (Fsp3) is 0.308. The Balaban J connectivity index is 2.13. The highest BCUT2D eigenvalue weighted by Gasteiger charge is 2.13. The minimum absolute atomic E-state index is 0.0777. The maximum atomic E-state index is 6.33. The van der Waals surface area contributed by atoms with Crippen LogP contribution in [0.25, 0.3) is 0 Å². The number of halogens is 1. The first kappa shape index (κ1) is 11.2. The van der Waals surface area contributed by atoms with Gasteiger partial charge < -0.3 is 4.42 Å². The summed E-state index contributed by atoms with van der Waals surface area (Å²) >= 11 is 6.33. The number of rotatable bonds is 3. The van der Waals surface area contributed by atoms with E-state index in [2.05, 4.69) is 4.98 Å². The van der Waals surface area contributed by atoms with E-state index in [1.54, 1.807) is 12.5 Å². The molecular formula is C13H14ClNO. The van der Waals surface area contributed by atoms with Crippen LogP contribution in [0.3, 0.4) is 0 Å². The van der Waals surface area contributed by atoms with Crippen molar-refractivity contribution in [3.8, 4) is 0 Å². The fourth-order valence-corrected chi connectivity index (χ4v) is 1.91. The molecule has 1 atom stereocenters. The van der Waals surface area contributed by atoms with Gasteiger partial charge in [0.15, 0.2) is 0 Å². The van der Waals surface area contributed by atoms with Crippen LogP contribution in [0.1, 0.15) is 28.0 Å². The van der Waals surface area contributed by atoms with E-state index in [-0.39, 0.29) is 5.38 Å². The zero-order chi connectivity index (χ0) is 11.5. The predicted molar refractivity (Wildman–Crippen MR) is 64.7 cm³/mol. The van der Waals surface area contributed by atoms with Gasteiger partial charge in [-0.3, -0.25) is 4.98 Å². The molecule has 2 rings (SSSR count). The third kappa shape index (κ3) is 2.45. The first-order chi connectivity index (χ1) is 7.66. The largest absolute Gasteiger partial charge is 0.469 e. The van der Waals surface area contributed by atoms with E-state index < -0.39 is 0 Å². The molecule has 84 valence electrons. The monoisotopic (exact) mass is 235 g/mol. The minimum Gasteiger partial charge on any atom is -0.469 e. The molecule has 2 aromatic heterocycles. The average molecular weight is 236 g/mol. The number of hydrogen-bond donors (Lipinski definition) is 0. The number of aryl methyl sites for hydroxylation is 2. The summed E-state index contributed by atoms with van der Waals surface area (Å²) in [4.78, 5) is 4.34. The summed E-state index contributed by atoms with van der Waals surface area (Å²) in [5.74, 6) is 0.887. The van der Waals surface area contributed by atoms with E-state index in [9.17, 15) is 0 Å². The third-order valence-corrected chi connectivity index (χ3v) is 3.01. The molecule has 16 heavy (non-hydrogen) atoms. The standard InChI is InChI=1S/C13H14ClNO/c1-9-4-3-5-15-13(9)7-12(14)11-6-10(2)16-8-11/h3-6,8,12H,7H2,1-2H3. The Labute approximate surface area is 100 Å². The first-order valence-electron chi connectivity index (χ1n) is 5.26. The summed E-state index contributed by atoms with van der Waals surface area (Å²) in [5.41, 5.74) is 3.24. The van der Waals surface area contributed by atoms with Crippen molar-refractivity contribution in [2.24, 2.45) is 0 Å². The predicted octanol–water partition coefficient (Wildman–Crippen LogP) is 3.81. The third-order valence-electron chi connectivity index (χ3n) is 2.60. The van der Waals surface area contributed by atoms with Gasteiger partial charge >= 0.3 is 0 Å². The number of alkyl halides is 1. The van der Waals surface area contributed by atoms with Gasteiger partial charge in [0.05, 0.1) is 11.6 Å². The van der Waals surface area contributed by atoms with Crippen molar-refractivity contribution in [1.82, 2.24) is 4.98 Å². The molecule has 0 spiro atoms. The fourth-order valence-electron chi connectivity index (χ4n) is 1.65. The SMILES string of the molecule is Cc1cc(C(Cl)Cc2ncccc2C)co1. The van der Waals surface area contributed by atoms with Crippen LogP contribution >= 0.6 is 11.6 Å². The van der Waals surface area contributed by atoms with Crippen molar-refractivity contribution >= 4 is 11.6 Å². The minimum atomic E-state index is -0.0777. The lowest BCUT2D eigenvalue weighted by Gasteiger charge is -2.08. The van der Waals surface area contributed by atoms with Crippen LogP contribution < -0.4 is 0 Å². The van der Waals surface area contributed by atoms with Gasteiger partial charge in [0.2, 0.25) is 0 Å². The highest BCUT2D eigenvalue weighted by Crippen LogP contribution is 2.26. The van der Waals surface area contributed by atoms with E-state index in [0.29, 0.717) is 0 Å². The summed E-state index contributed by atoms with van der Waals surface area (Å²) in [6.07, 6.45) is 4.24. The van der Waals surface area contributed by atoms with Gasteiger partial charge in [-0.25, -0.2) is 0 Å². The molecule has 0 aliphatic rings. The highest BCUT2D eigenvalue weighted by atomic mass is 35.5. The van der Waals surface area contributed by atoms with E-state index in [1.807, 2.05) is 32.0 Å². The van der Waals surface area contributed by atoms with Crippen LogP contribution in [-0.4, -0.2) is 4.98 Å². The second kappa shape index (κ2) is 4.71. The number of hydrogen-bond acceptors (Lipinski definition) is 2. The van der Waals surface area contributed by atoms with Crippen LogP contribution in [0.5, 0.6) is 0 Å². The Bertz CT molecular complexity index is 478. The molecule has 0 bridgehead atoms. The van der Waals surface area contributed by atoms with Gasteiger partial charge in [0, 0.05) is 23.9 Å². The normalized spacial score (nSPS) is 12.7. The lowest BCUT2D eigenvalue weighted by atomic mass is 10.1. The molecule has 0 amide bonds. The Morgan fingerprint density at radius 1 is 1.44 bits per heavy atom. The second-order valence-corrected chi connectivity index (χ2v) is 4.46. The summed E-state index contributed by atoms with van der Waals surface area (Å²) in [6, 6.07) is 5.95. The Hall–Kier alpha value is -1.28. The van der Waals surface area contributed by atoms with Crippen molar-refractivity contribution in [1.29, 1.82) is 0 Å². The molecule has 0 fully saturated rings. The first-order valence-corrected chi connectivity index (χ1v) is 5.70. The van der Waals surface area contributed by atoms with Crippen LogP contribution in [0.4, 0.5) is 0 Å².